The fourth-order valence-electron chi connectivity index (χ4n) is 8.14. The number of hydrogen-bond acceptors (Lipinski definition) is 6. The summed E-state index contributed by atoms with van der Waals surface area (Å²) in [6.45, 7) is 2.21. The second-order valence-corrected chi connectivity index (χ2v) is 13.2. The van der Waals surface area contributed by atoms with E-state index in [1.807, 2.05) is 24.3 Å². The quantitative estimate of drug-likeness (QED) is 0.235. The van der Waals surface area contributed by atoms with Crippen molar-refractivity contribution < 1.29 is 28.9 Å². The Kier molecular flexibility index (Phi) is 7.51. The smallest absolute Gasteiger partial charge is 0.335 e. The van der Waals surface area contributed by atoms with Gasteiger partial charge in [-0.05, 0) is 85.2 Å². The van der Waals surface area contributed by atoms with Crippen molar-refractivity contribution in [3.63, 3.8) is 0 Å². The van der Waals surface area contributed by atoms with Crippen molar-refractivity contribution in [2.75, 3.05) is 26.9 Å². The number of hydrogen-bond donors (Lipinski definition) is 2. The Bertz CT molecular complexity index is 1930. The van der Waals surface area contributed by atoms with Gasteiger partial charge in [-0.25, -0.2) is 4.79 Å². The third-order valence-electron chi connectivity index (χ3n) is 10.6. The van der Waals surface area contributed by atoms with Crippen molar-refractivity contribution in [1.82, 2.24) is 9.88 Å². The van der Waals surface area contributed by atoms with Crippen LogP contribution in [0.5, 0.6) is 11.5 Å². The highest BCUT2D eigenvalue weighted by Gasteiger charge is 2.41. The summed E-state index contributed by atoms with van der Waals surface area (Å²) in [4.78, 5) is 30.7. The van der Waals surface area contributed by atoms with E-state index in [1.54, 1.807) is 25.3 Å². The lowest BCUT2D eigenvalue weighted by atomic mass is 9.81. The molecule has 1 aromatic heterocycles. The van der Waals surface area contributed by atoms with E-state index in [2.05, 4.69) is 22.0 Å². The number of ether oxygens (including phenoxy) is 3. The summed E-state index contributed by atoms with van der Waals surface area (Å²) in [7, 11) is 1.67. The molecule has 0 unspecified atom stereocenters. The van der Waals surface area contributed by atoms with Gasteiger partial charge >= 0.3 is 5.97 Å². The van der Waals surface area contributed by atoms with Gasteiger partial charge in [-0.3, -0.25) is 9.79 Å². The maximum absolute atomic E-state index is 14.2. The topological polar surface area (TPSA) is 111 Å². The molecule has 1 amide bonds. The lowest BCUT2D eigenvalue weighted by Gasteiger charge is -2.38. The van der Waals surface area contributed by atoms with Crippen molar-refractivity contribution in [1.29, 1.82) is 0 Å². The van der Waals surface area contributed by atoms with Crippen LogP contribution < -0.4 is 14.8 Å². The molecule has 8 rings (SSSR count). The van der Waals surface area contributed by atoms with Crippen LogP contribution in [0, 0.1) is 0 Å². The lowest BCUT2D eigenvalue weighted by molar-refractivity contribution is 0.0560. The first kappa shape index (κ1) is 29.8. The van der Waals surface area contributed by atoms with Crippen LogP contribution in [-0.2, 0) is 17.7 Å². The molecule has 4 aliphatic rings. The Morgan fingerprint density at radius 3 is 2.57 bits per heavy atom. The summed E-state index contributed by atoms with van der Waals surface area (Å²) < 4.78 is 19.9. The zero-order valence-electron chi connectivity index (χ0n) is 26.6. The second kappa shape index (κ2) is 11.9. The van der Waals surface area contributed by atoms with Gasteiger partial charge in [-0.15, -0.1) is 0 Å². The minimum atomic E-state index is -0.963. The zero-order chi connectivity index (χ0) is 32.1. The van der Waals surface area contributed by atoms with E-state index in [0.29, 0.717) is 57.1 Å². The molecule has 2 N–H and O–H groups in total. The molecule has 4 aromatic rings. The maximum atomic E-state index is 14.2. The first-order valence-corrected chi connectivity index (χ1v) is 16.8. The largest absolute Gasteiger partial charge is 0.497 e. The highest BCUT2D eigenvalue weighted by molar-refractivity contribution is 6.07. The van der Waals surface area contributed by atoms with E-state index in [0.717, 1.165) is 52.4 Å². The number of aliphatic imine (C=N–C) groups is 1. The molecule has 1 saturated heterocycles. The Labute approximate surface area is 273 Å². The molecule has 47 heavy (non-hydrogen) atoms. The van der Waals surface area contributed by atoms with Crippen molar-refractivity contribution in [3.05, 3.63) is 76.9 Å². The first-order chi connectivity index (χ1) is 22.9. The van der Waals surface area contributed by atoms with Crippen LogP contribution in [0.3, 0.4) is 0 Å². The molecule has 9 heteroatoms. The molecule has 4 heterocycles. The third kappa shape index (κ3) is 5.17. The molecule has 1 saturated carbocycles. The molecule has 242 valence electrons. The molecule has 2 fully saturated rings. The van der Waals surface area contributed by atoms with E-state index in [-0.39, 0.29) is 11.5 Å². The predicted octanol–water partition coefficient (Wildman–Crippen LogP) is 7.06. The summed E-state index contributed by atoms with van der Waals surface area (Å²) in [5.41, 5.74) is 7.32. The average Bonchev–Trinajstić information content (AvgIpc) is 3.62. The molecular formula is C38H39N3O6. The highest BCUT2D eigenvalue weighted by atomic mass is 16.5. The van der Waals surface area contributed by atoms with Gasteiger partial charge in [0.15, 0.2) is 0 Å². The number of benzene rings is 3. The van der Waals surface area contributed by atoms with Gasteiger partial charge in [0.05, 0.1) is 36.1 Å². The van der Waals surface area contributed by atoms with Gasteiger partial charge in [0.1, 0.15) is 18.1 Å². The summed E-state index contributed by atoms with van der Waals surface area (Å²) in [5, 5.41) is 14.1. The van der Waals surface area contributed by atoms with Crippen LogP contribution in [0.1, 0.15) is 82.7 Å². The summed E-state index contributed by atoms with van der Waals surface area (Å²) in [6.07, 6.45) is 7.73. The number of carbonyl (C=O) groups is 2. The van der Waals surface area contributed by atoms with Crippen molar-refractivity contribution >= 4 is 34.2 Å². The number of nitrogens with one attached hydrogen (secondary N) is 1. The van der Waals surface area contributed by atoms with Gasteiger partial charge in [0.2, 0.25) is 0 Å². The maximum Gasteiger partial charge on any atom is 0.335 e. The second-order valence-electron chi connectivity index (χ2n) is 13.2. The van der Waals surface area contributed by atoms with Crippen LogP contribution >= 0.6 is 0 Å². The number of nitrogens with zero attached hydrogens (tertiary/aromatic N) is 2. The molecule has 0 radical (unpaired) electrons. The van der Waals surface area contributed by atoms with E-state index < -0.39 is 11.5 Å². The first-order valence-electron chi connectivity index (χ1n) is 16.8. The molecule has 3 aliphatic heterocycles. The van der Waals surface area contributed by atoms with Crippen LogP contribution in [0.25, 0.3) is 22.2 Å². The van der Waals surface area contributed by atoms with Gasteiger partial charge in [-0.1, -0.05) is 25.3 Å². The SMILES string of the molecule is COc1ccc2c(c1)OCCn1c-2c(C2CCCCC2)c2ccc(C(=O)NC3(C4=Nc5ccc(C(=O)O)cc5C4)CCOCC3)cc21. The van der Waals surface area contributed by atoms with Crippen LogP contribution in [0.4, 0.5) is 5.69 Å². The summed E-state index contributed by atoms with van der Waals surface area (Å²) in [5.74, 6) is 0.935. The van der Waals surface area contributed by atoms with Gasteiger partial charge in [-0.2, -0.15) is 0 Å². The van der Waals surface area contributed by atoms with E-state index in [4.69, 9.17) is 19.2 Å². The molecule has 0 spiro atoms. The van der Waals surface area contributed by atoms with Crippen molar-refractivity contribution in [3.8, 4) is 22.8 Å². The Morgan fingerprint density at radius 1 is 0.979 bits per heavy atom. The minimum absolute atomic E-state index is 0.150. The molecule has 9 nitrogen and oxygen atoms in total. The number of carboxylic acids is 1. The minimum Gasteiger partial charge on any atom is -0.497 e. The zero-order valence-corrected chi connectivity index (χ0v) is 26.6. The number of fused-ring (bicyclic) bond motifs is 6. The number of aromatic nitrogens is 1. The number of amides is 1. The van der Waals surface area contributed by atoms with Crippen molar-refractivity contribution in [2.24, 2.45) is 4.99 Å². The standard InChI is InChI=1S/C38H39N3O6/c1-45-27-9-11-29-32(22-27)47-18-15-41-31-20-24(7-10-28(31)34(35(29)41)23-5-3-2-4-6-23)36(42)40-38(13-16-46-17-14-38)33-21-26-19-25(37(43)44)8-12-30(26)39-33/h7-12,19-20,22-23H,2-6,13-18,21H2,1H3,(H,40,42)(H,43,44). The fourth-order valence-corrected chi connectivity index (χ4v) is 8.14. The van der Waals surface area contributed by atoms with E-state index >= 15 is 0 Å². The summed E-state index contributed by atoms with van der Waals surface area (Å²) >= 11 is 0. The van der Waals surface area contributed by atoms with Crippen molar-refractivity contribution in [2.45, 2.75) is 69.4 Å². The highest BCUT2D eigenvalue weighted by Crippen LogP contribution is 2.48. The number of carboxylic acid groups (broad SMARTS) is 1. The molecule has 0 atom stereocenters. The van der Waals surface area contributed by atoms with E-state index in [9.17, 15) is 14.7 Å². The monoisotopic (exact) mass is 633 g/mol. The summed E-state index contributed by atoms with van der Waals surface area (Å²) in [6, 6.07) is 17.3. The van der Waals surface area contributed by atoms with Gasteiger partial charge in [0.25, 0.3) is 5.91 Å². The van der Waals surface area contributed by atoms with Gasteiger partial charge < -0.3 is 29.2 Å². The average molecular weight is 634 g/mol. The lowest BCUT2D eigenvalue weighted by Crippen LogP contribution is -2.57. The van der Waals surface area contributed by atoms with Crippen LogP contribution in [0.15, 0.2) is 59.6 Å². The normalized spacial score (nSPS) is 18.7. The van der Waals surface area contributed by atoms with E-state index in [1.165, 1.54) is 35.9 Å². The third-order valence-corrected chi connectivity index (χ3v) is 10.6. The Morgan fingerprint density at radius 2 is 1.79 bits per heavy atom. The number of rotatable bonds is 6. The number of methoxy groups -OCH3 is 1. The fraction of sp³-hybridized carbons (Fsp3) is 0.395. The molecular weight excluding hydrogens is 594 g/mol. The predicted molar refractivity (Wildman–Crippen MR) is 180 cm³/mol. The molecule has 1 aliphatic carbocycles. The van der Waals surface area contributed by atoms with Crippen LogP contribution in [0.2, 0.25) is 0 Å². The number of aromatic carboxylic acids is 1. The molecule has 0 bridgehead atoms. The van der Waals surface area contributed by atoms with Crippen LogP contribution in [-0.4, -0.2) is 59.7 Å². The Balaban J connectivity index is 1.18. The number of carbonyl (C=O) groups excluding carboxylic acids is 1. The molecule has 3 aromatic carbocycles. The van der Waals surface area contributed by atoms with Gasteiger partial charge in [0, 0.05) is 53.4 Å². The Hall–Kier alpha value is -4.63.